The Morgan fingerprint density at radius 2 is 2.50 bits per heavy atom. The molecule has 0 aromatic carbocycles. The minimum Gasteiger partial charge on any atom is -0.481 e. The molecule has 0 saturated carbocycles. The number of carboxylic acids is 1. The molecular weight excluding hydrogens is 184 g/mol. The number of aliphatic imine (C=N–C) groups is 1. The van der Waals surface area contributed by atoms with E-state index < -0.39 is 5.97 Å². The number of azo groups is 1. The van der Waals surface area contributed by atoms with Gasteiger partial charge in [-0.15, -0.1) is 5.11 Å². The largest absolute Gasteiger partial charge is 0.481 e. The van der Waals surface area contributed by atoms with Crippen molar-refractivity contribution in [2.75, 3.05) is 6.67 Å². The maximum Gasteiger partial charge on any atom is 0.307 e. The van der Waals surface area contributed by atoms with E-state index in [0.29, 0.717) is 18.1 Å². The smallest absolute Gasteiger partial charge is 0.307 e. The van der Waals surface area contributed by atoms with Crippen LogP contribution in [0.2, 0.25) is 0 Å². The lowest BCUT2D eigenvalue weighted by Gasteiger charge is -2.09. The molecule has 0 bridgehead atoms. The Bertz CT molecular complexity index is 381. The summed E-state index contributed by atoms with van der Waals surface area (Å²) in [5.41, 5.74) is 0.635. The Kier molecular flexibility index (Phi) is 2.10. The predicted octanol–water partition coefficient (Wildman–Crippen LogP) is 0.954. The van der Waals surface area contributed by atoms with Crippen molar-refractivity contribution in [2.24, 2.45) is 15.2 Å². The molecule has 2 heterocycles. The summed E-state index contributed by atoms with van der Waals surface area (Å²) in [6.45, 7) is 0.429. The zero-order valence-electron chi connectivity index (χ0n) is 7.29. The Morgan fingerprint density at radius 3 is 3.29 bits per heavy atom. The summed E-state index contributed by atoms with van der Waals surface area (Å²) in [5.74, 6) is -0.235. The highest BCUT2D eigenvalue weighted by Gasteiger charge is 2.15. The molecule has 6 nitrogen and oxygen atoms in total. The quantitative estimate of drug-likeness (QED) is 0.707. The van der Waals surface area contributed by atoms with Gasteiger partial charge < -0.3 is 10.0 Å². The highest BCUT2D eigenvalue weighted by atomic mass is 16.4. The van der Waals surface area contributed by atoms with Crippen molar-refractivity contribution in [3.8, 4) is 0 Å². The number of nitrogens with zero attached hydrogens (tertiary/aromatic N) is 4. The zero-order chi connectivity index (χ0) is 9.97. The first-order valence-electron chi connectivity index (χ1n) is 4.06. The van der Waals surface area contributed by atoms with Crippen molar-refractivity contribution in [1.82, 2.24) is 4.90 Å². The van der Waals surface area contributed by atoms with Gasteiger partial charge in [-0.1, -0.05) is 0 Å². The summed E-state index contributed by atoms with van der Waals surface area (Å²) in [6, 6.07) is 0. The number of rotatable bonds is 2. The third kappa shape index (κ3) is 1.68. The van der Waals surface area contributed by atoms with Crippen LogP contribution in [0.4, 0.5) is 0 Å². The predicted molar refractivity (Wildman–Crippen MR) is 48.5 cm³/mol. The van der Waals surface area contributed by atoms with E-state index in [9.17, 15) is 4.79 Å². The topological polar surface area (TPSA) is 77.6 Å². The van der Waals surface area contributed by atoms with E-state index in [1.54, 1.807) is 17.3 Å². The maximum atomic E-state index is 10.5. The second-order valence-corrected chi connectivity index (χ2v) is 2.89. The summed E-state index contributed by atoms with van der Waals surface area (Å²) in [4.78, 5) is 16.2. The molecule has 2 aliphatic heterocycles. The lowest BCUT2D eigenvalue weighted by atomic mass is 10.2. The Morgan fingerprint density at radius 1 is 1.64 bits per heavy atom. The van der Waals surface area contributed by atoms with Gasteiger partial charge >= 0.3 is 5.97 Å². The molecule has 14 heavy (non-hydrogen) atoms. The molecule has 0 spiro atoms. The summed E-state index contributed by atoms with van der Waals surface area (Å²) in [5, 5.41) is 16.3. The summed E-state index contributed by atoms with van der Waals surface area (Å²) < 4.78 is 0. The zero-order valence-corrected chi connectivity index (χ0v) is 7.29. The maximum absolute atomic E-state index is 10.5. The third-order valence-corrected chi connectivity index (χ3v) is 1.79. The molecule has 0 saturated heterocycles. The number of carbonyl (C=O) groups is 1. The standard InChI is InChI=1S/C8H8N4O2/c13-8(14)1-6-2-9-3-7-11-10-5-12(7)4-6/h2-4H,1,5H2,(H,13,14). The second kappa shape index (κ2) is 3.41. The van der Waals surface area contributed by atoms with Gasteiger partial charge in [-0.2, -0.15) is 5.11 Å². The Labute approximate surface area is 80.0 Å². The van der Waals surface area contributed by atoms with Crippen molar-refractivity contribution in [2.45, 2.75) is 6.42 Å². The third-order valence-electron chi connectivity index (χ3n) is 1.79. The number of aliphatic carboxylic acids is 1. The molecular formula is C8H8N4O2. The Hall–Kier alpha value is -1.98. The van der Waals surface area contributed by atoms with Gasteiger partial charge in [0, 0.05) is 12.4 Å². The van der Waals surface area contributed by atoms with Crippen molar-refractivity contribution in [3.05, 3.63) is 23.8 Å². The number of hydrogen-bond acceptors (Lipinski definition) is 5. The van der Waals surface area contributed by atoms with Crippen LogP contribution < -0.4 is 0 Å². The van der Waals surface area contributed by atoms with Gasteiger partial charge in [0.2, 0.25) is 0 Å². The molecule has 0 aliphatic carbocycles. The molecule has 0 radical (unpaired) electrons. The van der Waals surface area contributed by atoms with Crippen LogP contribution >= 0.6 is 0 Å². The Balaban J connectivity index is 2.19. The molecule has 0 atom stereocenters. The highest BCUT2D eigenvalue weighted by Crippen LogP contribution is 2.18. The fourth-order valence-electron chi connectivity index (χ4n) is 1.21. The summed E-state index contributed by atoms with van der Waals surface area (Å²) >= 11 is 0. The molecule has 0 aromatic rings. The van der Waals surface area contributed by atoms with E-state index in [4.69, 9.17) is 5.11 Å². The van der Waals surface area contributed by atoms with Crippen LogP contribution in [0, 0.1) is 0 Å². The molecule has 0 aromatic heterocycles. The van der Waals surface area contributed by atoms with Gasteiger partial charge in [-0.3, -0.25) is 9.79 Å². The average Bonchev–Trinajstić information content (AvgIpc) is 2.44. The van der Waals surface area contributed by atoms with Gasteiger partial charge in [-0.25, -0.2) is 0 Å². The van der Waals surface area contributed by atoms with Crippen LogP contribution in [-0.4, -0.2) is 28.9 Å². The molecule has 2 rings (SSSR count). The minimum absolute atomic E-state index is 0.0406. The first-order valence-corrected chi connectivity index (χ1v) is 4.06. The van der Waals surface area contributed by atoms with Crippen molar-refractivity contribution < 1.29 is 9.90 Å². The molecule has 0 amide bonds. The van der Waals surface area contributed by atoms with E-state index in [1.807, 2.05) is 0 Å². The summed E-state index contributed by atoms with van der Waals surface area (Å²) in [7, 11) is 0. The second-order valence-electron chi connectivity index (χ2n) is 2.89. The summed E-state index contributed by atoms with van der Waals surface area (Å²) in [6.07, 6.45) is 4.74. The monoisotopic (exact) mass is 192 g/mol. The van der Waals surface area contributed by atoms with E-state index in [1.165, 1.54) is 6.21 Å². The van der Waals surface area contributed by atoms with Crippen LogP contribution in [0.25, 0.3) is 0 Å². The molecule has 0 unspecified atom stereocenters. The molecule has 1 N–H and O–H groups in total. The van der Waals surface area contributed by atoms with Crippen LogP contribution in [0.3, 0.4) is 0 Å². The minimum atomic E-state index is -0.876. The van der Waals surface area contributed by atoms with Gasteiger partial charge in [0.25, 0.3) is 0 Å². The van der Waals surface area contributed by atoms with E-state index in [-0.39, 0.29) is 6.42 Å². The van der Waals surface area contributed by atoms with E-state index in [0.717, 1.165) is 0 Å². The number of hydrogen-bond donors (Lipinski definition) is 1. The number of fused-ring (bicyclic) bond motifs is 1. The van der Waals surface area contributed by atoms with Crippen molar-refractivity contribution >= 4 is 12.2 Å². The SMILES string of the molecule is O=C(O)CC1=CN2CN=NC2=CN=C1. The first kappa shape index (κ1) is 8.61. The van der Waals surface area contributed by atoms with Gasteiger partial charge in [0.15, 0.2) is 5.82 Å². The average molecular weight is 192 g/mol. The van der Waals surface area contributed by atoms with Gasteiger partial charge in [0.1, 0.15) is 6.67 Å². The van der Waals surface area contributed by atoms with E-state index in [2.05, 4.69) is 15.2 Å². The van der Waals surface area contributed by atoms with Crippen LogP contribution in [-0.2, 0) is 4.79 Å². The lowest BCUT2D eigenvalue weighted by molar-refractivity contribution is -0.136. The normalized spacial score (nSPS) is 18.7. The number of carboxylic acid groups (broad SMARTS) is 1. The fourth-order valence-corrected chi connectivity index (χ4v) is 1.21. The molecule has 2 aliphatic rings. The van der Waals surface area contributed by atoms with Gasteiger partial charge in [0.05, 0.1) is 12.6 Å². The molecule has 6 heteroatoms. The molecule has 0 fully saturated rings. The van der Waals surface area contributed by atoms with Crippen LogP contribution in [0.5, 0.6) is 0 Å². The van der Waals surface area contributed by atoms with Crippen molar-refractivity contribution in [1.29, 1.82) is 0 Å². The highest BCUT2D eigenvalue weighted by molar-refractivity contribution is 5.86. The van der Waals surface area contributed by atoms with Crippen LogP contribution in [0.1, 0.15) is 6.42 Å². The fraction of sp³-hybridized carbons (Fsp3) is 0.250. The van der Waals surface area contributed by atoms with Gasteiger partial charge in [-0.05, 0) is 5.57 Å². The first-order chi connectivity index (χ1) is 6.75. The van der Waals surface area contributed by atoms with E-state index >= 15 is 0 Å². The van der Waals surface area contributed by atoms with Crippen molar-refractivity contribution in [3.63, 3.8) is 0 Å². The van der Waals surface area contributed by atoms with Crippen LogP contribution in [0.15, 0.2) is 39.0 Å². The lowest BCUT2D eigenvalue weighted by Crippen LogP contribution is -2.11. The molecule has 72 valence electrons.